The molecule has 0 saturated heterocycles. The highest BCUT2D eigenvalue weighted by molar-refractivity contribution is 5.18. The van der Waals surface area contributed by atoms with E-state index in [9.17, 15) is 9.50 Å². The predicted octanol–water partition coefficient (Wildman–Crippen LogP) is 2.10. The predicted molar refractivity (Wildman–Crippen MR) is 51.3 cm³/mol. The first-order chi connectivity index (χ1) is 6.68. The summed E-state index contributed by atoms with van der Waals surface area (Å²) < 4.78 is 12.9. The van der Waals surface area contributed by atoms with Crippen molar-refractivity contribution in [1.29, 1.82) is 0 Å². The largest absolute Gasteiger partial charge is 0.393 e. The van der Waals surface area contributed by atoms with Gasteiger partial charge in [0.15, 0.2) is 0 Å². The zero-order valence-electron chi connectivity index (χ0n) is 8.15. The number of pyridine rings is 1. The summed E-state index contributed by atoms with van der Waals surface area (Å²) in [6.45, 7) is 2.01. The van der Waals surface area contributed by atoms with E-state index in [1.54, 1.807) is 6.20 Å². The molecule has 0 radical (unpaired) electrons. The molecule has 0 amide bonds. The number of rotatable bonds is 1. The summed E-state index contributed by atoms with van der Waals surface area (Å²) in [5.74, 6) is 0.169. The molecule has 0 aromatic carbocycles. The highest BCUT2D eigenvalue weighted by Crippen LogP contribution is 2.39. The summed E-state index contributed by atoms with van der Waals surface area (Å²) in [6, 6.07) is 1.52. The summed E-state index contributed by atoms with van der Waals surface area (Å²) >= 11 is 0. The molecule has 0 aliphatic heterocycles. The highest BCUT2D eigenvalue weighted by atomic mass is 19.1. The fourth-order valence-electron chi connectivity index (χ4n) is 2.25. The molecule has 3 heteroatoms. The molecule has 1 heterocycles. The molecule has 1 aromatic heterocycles. The molecule has 1 N–H and O–H groups in total. The smallest absolute Gasteiger partial charge is 0.141 e. The minimum atomic E-state index is -0.295. The van der Waals surface area contributed by atoms with E-state index in [4.69, 9.17) is 0 Å². The van der Waals surface area contributed by atoms with Gasteiger partial charge in [0.1, 0.15) is 5.82 Å². The van der Waals surface area contributed by atoms with E-state index in [0.29, 0.717) is 0 Å². The maximum Gasteiger partial charge on any atom is 0.141 e. The lowest BCUT2D eigenvalue weighted by Gasteiger charge is -2.17. The van der Waals surface area contributed by atoms with E-state index >= 15 is 0 Å². The molecule has 3 atom stereocenters. The Bertz CT molecular complexity index is 329. The summed E-state index contributed by atoms with van der Waals surface area (Å²) in [5, 5.41) is 9.58. The van der Waals surface area contributed by atoms with Crippen molar-refractivity contribution in [3.05, 3.63) is 29.8 Å². The van der Waals surface area contributed by atoms with Crippen LogP contribution in [-0.4, -0.2) is 16.2 Å². The van der Waals surface area contributed by atoms with Crippen molar-refractivity contribution in [3.8, 4) is 0 Å². The van der Waals surface area contributed by atoms with E-state index in [-0.39, 0.29) is 23.8 Å². The molecule has 0 spiro atoms. The van der Waals surface area contributed by atoms with Crippen LogP contribution in [0.15, 0.2) is 18.5 Å². The lowest BCUT2D eigenvalue weighted by Crippen LogP contribution is -2.14. The van der Waals surface area contributed by atoms with Gasteiger partial charge < -0.3 is 5.11 Å². The van der Waals surface area contributed by atoms with Crippen molar-refractivity contribution < 1.29 is 9.50 Å². The van der Waals surface area contributed by atoms with Crippen molar-refractivity contribution in [3.63, 3.8) is 0 Å². The van der Waals surface area contributed by atoms with Crippen LogP contribution in [0.2, 0.25) is 0 Å². The highest BCUT2D eigenvalue weighted by Gasteiger charge is 2.32. The van der Waals surface area contributed by atoms with Gasteiger partial charge in [0.25, 0.3) is 0 Å². The Morgan fingerprint density at radius 2 is 2.21 bits per heavy atom. The van der Waals surface area contributed by atoms with Gasteiger partial charge in [0.2, 0.25) is 0 Å². The monoisotopic (exact) mass is 195 g/mol. The minimum Gasteiger partial charge on any atom is -0.393 e. The van der Waals surface area contributed by atoms with Crippen molar-refractivity contribution in [2.24, 2.45) is 5.92 Å². The molecule has 0 bridgehead atoms. The lowest BCUT2D eigenvalue weighted by atomic mass is 9.91. The van der Waals surface area contributed by atoms with Crippen LogP contribution in [0.25, 0.3) is 0 Å². The first-order valence-electron chi connectivity index (χ1n) is 4.97. The van der Waals surface area contributed by atoms with Gasteiger partial charge in [-0.05, 0) is 36.3 Å². The van der Waals surface area contributed by atoms with Gasteiger partial charge in [-0.15, -0.1) is 0 Å². The maximum absolute atomic E-state index is 12.9. The third-order valence-electron chi connectivity index (χ3n) is 3.17. The van der Waals surface area contributed by atoms with Gasteiger partial charge in [0, 0.05) is 6.20 Å². The lowest BCUT2D eigenvalue weighted by molar-refractivity contribution is 0.136. The third-order valence-corrected chi connectivity index (χ3v) is 3.17. The van der Waals surface area contributed by atoms with E-state index in [0.717, 1.165) is 18.4 Å². The summed E-state index contributed by atoms with van der Waals surface area (Å²) in [5.41, 5.74) is 0.911. The van der Waals surface area contributed by atoms with E-state index in [1.807, 2.05) is 6.92 Å². The Morgan fingerprint density at radius 3 is 2.79 bits per heavy atom. The quantitative estimate of drug-likeness (QED) is 0.744. The molecular formula is C11H14FNO. The number of halogens is 1. The molecule has 1 aliphatic carbocycles. The fourth-order valence-corrected chi connectivity index (χ4v) is 2.25. The first-order valence-corrected chi connectivity index (χ1v) is 4.97. The molecule has 1 saturated carbocycles. The molecule has 1 aliphatic rings. The van der Waals surface area contributed by atoms with Crippen molar-refractivity contribution >= 4 is 0 Å². The minimum absolute atomic E-state index is 0.207. The van der Waals surface area contributed by atoms with Crippen molar-refractivity contribution in [2.45, 2.75) is 31.8 Å². The van der Waals surface area contributed by atoms with Crippen LogP contribution < -0.4 is 0 Å². The average molecular weight is 195 g/mol. The molecule has 1 aromatic rings. The Balaban J connectivity index is 2.23. The summed E-state index contributed by atoms with van der Waals surface area (Å²) in [6.07, 6.45) is 4.39. The number of aliphatic hydroxyl groups is 1. The van der Waals surface area contributed by atoms with Crippen LogP contribution in [-0.2, 0) is 0 Å². The average Bonchev–Trinajstić information content (AvgIpc) is 2.48. The summed E-state index contributed by atoms with van der Waals surface area (Å²) in [4.78, 5) is 3.83. The zero-order valence-corrected chi connectivity index (χ0v) is 8.15. The Morgan fingerprint density at radius 1 is 1.43 bits per heavy atom. The number of nitrogens with zero attached hydrogens (tertiary/aromatic N) is 1. The number of aromatic nitrogens is 1. The number of hydrogen-bond acceptors (Lipinski definition) is 2. The molecule has 3 unspecified atom stereocenters. The van der Waals surface area contributed by atoms with E-state index in [2.05, 4.69) is 4.98 Å². The van der Waals surface area contributed by atoms with E-state index in [1.165, 1.54) is 12.3 Å². The first kappa shape index (κ1) is 9.59. The third kappa shape index (κ3) is 1.64. The second-order valence-corrected chi connectivity index (χ2v) is 4.05. The Labute approximate surface area is 82.8 Å². The van der Waals surface area contributed by atoms with Gasteiger partial charge in [-0.3, -0.25) is 4.98 Å². The van der Waals surface area contributed by atoms with Gasteiger partial charge in [0.05, 0.1) is 12.3 Å². The molecule has 2 rings (SSSR count). The number of aliphatic hydroxyl groups excluding tert-OH is 1. The Hall–Kier alpha value is -0.960. The van der Waals surface area contributed by atoms with Crippen LogP contribution in [0.4, 0.5) is 4.39 Å². The van der Waals surface area contributed by atoms with Crippen LogP contribution >= 0.6 is 0 Å². The molecule has 14 heavy (non-hydrogen) atoms. The Kier molecular flexibility index (Phi) is 2.50. The molecule has 1 fully saturated rings. The zero-order chi connectivity index (χ0) is 10.1. The van der Waals surface area contributed by atoms with Gasteiger partial charge in [-0.25, -0.2) is 4.39 Å². The second-order valence-electron chi connectivity index (χ2n) is 4.05. The SMILES string of the molecule is CC1C(O)CCC1c1cncc(F)c1. The topological polar surface area (TPSA) is 33.1 Å². The number of hydrogen-bond donors (Lipinski definition) is 1. The molecule has 2 nitrogen and oxygen atoms in total. The molecular weight excluding hydrogens is 181 g/mol. The van der Waals surface area contributed by atoms with Gasteiger partial charge >= 0.3 is 0 Å². The van der Waals surface area contributed by atoms with Crippen LogP contribution in [0.5, 0.6) is 0 Å². The van der Waals surface area contributed by atoms with Crippen molar-refractivity contribution in [2.75, 3.05) is 0 Å². The van der Waals surface area contributed by atoms with Crippen LogP contribution in [0, 0.1) is 11.7 Å². The maximum atomic E-state index is 12.9. The van der Waals surface area contributed by atoms with Crippen molar-refractivity contribution in [1.82, 2.24) is 4.98 Å². The van der Waals surface area contributed by atoms with Gasteiger partial charge in [-0.1, -0.05) is 6.92 Å². The summed E-state index contributed by atoms with van der Waals surface area (Å²) in [7, 11) is 0. The van der Waals surface area contributed by atoms with Crippen LogP contribution in [0.3, 0.4) is 0 Å². The fraction of sp³-hybridized carbons (Fsp3) is 0.545. The molecule has 76 valence electrons. The normalized spacial score (nSPS) is 32.1. The second kappa shape index (κ2) is 3.65. The van der Waals surface area contributed by atoms with Crippen LogP contribution in [0.1, 0.15) is 31.2 Å². The van der Waals surface area contributed by atoms with E-state index < -0.39 is 0 Å². The standard InChI is InChI=1S/C11H14FNO/c1-7-10(2-3-11(7)14)8-4-9(12)6-13-5-8/h4-7,10-11,14H,2-3H2,1H3. The van der Waals surface area contributed by atoms with Gasteiger partial charge in [-0.2, -0.15) is 0 Å².